The minimum absolute atomic E-state index is 0.137. The van der Waals surface area contributed by atoms with Crippen LogP contribution in [0.4, 0.5) is 5.69 Å². The molecule has 0 saturated carbocycles. The van der Waals surface area contributed by atoms with Crippen molar-refractivity contribution < 1.29 is 19.1 Å². The Kier molecular flexibility index (Phi) is 6.18. The molecule has 3 aromatic carbocycles. The van der Waals surface area contributed by atoms with Crippen molar-refractivity contribution in [1.82, 2.24) is 5.32 Å². The third-order valence-corrected chi connectivity index (χ3v) is 4.11. The minimum Gasteiger partial charge on any atom is -0.484 e. The van der Waals surface area contributed by atoms with Gasteiger partial charge in [0.25, 0.3) is 5.91 Å². The van der Waals surface area contributed by atoms with Gasteiger partial charge in [-0.1, -0.05) is 30.3 Å². The van der Waals surface area contributed by atoms with Crippen LogP contribution in [-0.4, -0.2) is 30.7 Å². The zero-order valence-electron chi connectivity index (χ0n) is 15.1. The highest BCUT2D eigenvalue weighted by atomic mass is 32.1. The fraction of sp³-hybridized carbons (Fsp3) is 0.0952. The van der Waals surface area contributed by atoms with Crippen LogP contribution in [-0.2, 0) is 9.53 Å². The van der Waals surface area contributed by atoms with E-state index < -0.39 is 5.97 Å². The molecule has 7 heteroatoms. The van der Waals surface area contributed by atoms with Gasteiger partial charge in [-0.25, -0.2) is 4.79 Å². The molecule has 2 N–H and O–H groups in total. The molecule has 0 aliphatic heterocycles. The van der Waals surface area contributed by atoms with E-state index in [1.807, 2.05) is 42.5 Å². The Hall–Kier alpha value is -3.45. The van der Waals surface area contributed by atoms with E-state index in [1.54, 1.807) is 24.3 Å². The lowest BCUT2D eigenvalue weighted by Gasteiger charge is -2.11. The van der Waals surface area contributed by atoms with Crippen LogP contribution in [0.25, 0.3) is 10.8 Å². The number of thiocarbonyl (C=S) groups is 1. The van der Waals surface area contributed by atoms with Crippen molar-refractivity contribution >= 4 is 45.7 Å². The lowest BCUT2D eigenvalue weighted by molar-refractivity contribution is -0.121. The summed E-state index contributed by atoms with van der Waals surface area (Å²) in [7, 11) is 1.32. The zero-order valence-corrected chi connectivity index (χ0v) is 15.9. The first-order valence-electron chi connectivity index (χ1n) is 8.46. The Balaban J connectivity index is 1.49. The van der Waals surface area contributed by atoms with E-state index in [4.69, 9.17) is 17.0 Å². The number of fused-ring (bicyclic) bond motifs is 1. The average Bonchev–Trinajstić information content (AvgIpc) is 2.72. The first-order chi connectivity index (χ1) is 13.5. The van der Waals surface area contributed by atoms with Crippen molar-refractivity contribution in [2.45, 2.75) is 0 Å². The Bertz CT molecular complexity index is 1020. The van der Waals surface area contributed by atoms with Crippen LogP contribution in [0.3, 0.4) is 0 Å². The predicted molar refractivity (Wildman–Crippen MR) is 112 cm³/mol. The molecule has 3 aromatic rings. The molecule has 142 valence electrons. The molecule has 0 aromatic heterocycles. The quantitative estimate of drug-likeness (QED) is 0.509. The van der Waals surface area contributed by atoms with E-state index in [0.717, 1.165) is 10.8 Å². The molecule has 0 heterocycles. The lowest BCUT2D eigenvalue weighted by atomic mass is 10.1. The van der Waals surface area contributed by atoms with Gasteiger partial charge in [-0.15, -0.1) is 0 Å². The number of carbonyl (C=O) groups excluding carboxylic acids is 2. The third kappa shape index (κ3) is 5.05. The Labute approximate surface area is 167 Å². The summed E-state index contributed by atoms with van der Waals surface area (Å²) >= 11 is 5.12. The number of hydrogen-bond acceptors (Lipinski definition) is 5. The first-order valence-corrected chi connectivity index (χ1v) is 8.87. The number of esters is 1. The van der Waals surface area contributed by atoms with Crippen molar-refractivity contribution in [1.29, 1.82) is 0 Å². The highest BCUT2D eigenvalue weighted by Gasteiger charge is 2.08. The van der Waals surface area contributed by atoms with Crippen molar-refractivity contribution in [3.8, 4) is 5.75 Å². The van der Waals surface area contributed by atoms with Crippen molar-refractivity contribution in [3.63, 3.8) is 0 Å². The topological polar surface area (TPSA) is 76.7 Å². The second-order valence-electron chi connectivity index (χ2n) is 5.87. The SMILES string of the molecule is COC(=O)c1ccc(NC(=S)NC(=O)COc2ccc3ccccc3c2)cc1. The molecule has 0 aliphatic rings. The molecule has 3 rings (SSSR count). The van der Waals surface area contributed by atoms with Crippen LogP contribution >= 0.6 is 12.2 Å². The van der Waals surface area contributed by atoms with Crippen LogP contribution in [0.5, 0.6) is 5.75 Å². The van der Waals surface area contributed by atoms with E-state index in [2.05, 4.69) is 15.4 Å². The van der Waals surface area contributed by atoms with Crippen molar-refractivity contribution in [3.05, 3.63) is 72.3 Å². The van der Waals surface area contributed by atoms with Gasteiger partial charge >= 0.3 is 5.97 Å². The second kappa shape index (κ2) is 8.96. The predicted octanol–water partition coefficient (Wildman–Crippen LogP) is 3.52. The molecule has 0 fully saturated rings. The van der Waals surface area contributed by atoms with Gasteiger partial charge in [0.1, 0.15) is 5.75 Å². The second-order valence-corrected chi connectivity index (χ2v) is 6.28. The van der Waals surface area contributed by atoms with Gasteiger partial charge in [-0.05, 0) is 59.4 Å². The molecule has 0 radical (unpaired) electrons. The largest absolute Gasteiger partial charge is 0.484 e. The van der Waals surface area contributed by atoms with Crippen LogP contribution in [0, 0.1) is 0 Å². The fourth-order valence-corrected chi connectivity index (χ4v) is 2.77. The summed E-state index contributed by atoms with van der Waals surface area (Å²) in [6, 6.07) is 20.0. The third-order valence-electron chi connectivity index (χ3n) is 3.91. The van der Waals surface area contributed by atoms with Gasteiger partial charge in [0.15, 0.2) is 11.7 Å². The Morgan fingerprint density at radius 2 is 1.68 bits per heavy atom. The maximum absolute atomic E-state index is 12.0. The van der Waals surface area contributed by atoms with Crippen LogP contribution < -0.4 is 15.4 Å². The van der Waals surface area contributed by atoms with E-state index in [9.17, 15) is 9.59 Å². The summed E-state index contributed by atoms with van der Waals surface area (Å²) in [6.07, 6.45) is 0. The summed E-state index contributed by atoms with van der Waals surface area (Å²) in [4.78, 5) is 23.5. The number of benzene rings is 3. The summed E-state index contributed by atoms with van der Waals surface area (Å²) in [5.41, 5.74) is 1.06. The molecule has 1 amide bonds. The zero-order chi connectivity index (χ0) is 19.9. The van der Waals surface area contributed by atoms with Gasteiger partial charge < -0.3 is 14.8 Å². The maximum atomic E-state index is 12.0. The molecule has 0 aliphatic carbocycles. The number of ether oxygens (including phenoxy) is 2. The molecular formula is C21H18N2O4S. The highest BCUT2D eigenvalue weighted by Crippen LogP contribution is 2.20. The monoisotopic (exact) mass is 394 g/mol. The molecule has 6 nitrogen and oxygen atoms in total. The molecular weight excluding hydrogens is 376 g/mol. The van der Waals surface area contributed by atoms with Gasteiger partial charge in [-0.2, -0.15) is 0 Å². The van der Waals surface area contributed by atoms with Crippen molar-refractivity contribution in [2.24, 2.45) is 0 Å². The number of rotatable bonds is 5. The lowest BCUT2D eigenvalue weighted by Crippen LogP contribution is -2.37. The highest BCUT2D eigenvalue weighted by molar-refractivity contribution is 7.80. The molecule has 0 atom stereocenters. The number of hydrogen-bond donors (Lipinski definition) is 2. The summed E-state index contributed by atoms with van der Waals surface area (Å²) in [5.74, 6) is -0.198. The Morgan fingerprint density at radius 1 is 0.964 bits per heavy atom. The van der Waals surface area contributed by atoms with Gasteiger partial charge in [-0.3, -0.25) is 10.1 Å². The van der Waals surface area contributed by atoms with Crippen LogP contribution in [0.15, 0.2) is 66.7 Å². The van der Waals surface area contributed by atoms with Gasteiger partial charge in [0.2, 0.25) is 0 Å². The van der Waals surface area contributed by atoms with E-state index >= 15 is 0 Å². The van der Waals surface area contributed by atoms with Crippen LogP contribution in [0.2, 0.25) is 0 Å². The molecule has 0 saturated heterocycles. The van der Waals surface area contributed by atoms with Crippen molar-refractivity contribution in [2.75, 3.05) is 19.0 Å². The van der Waals surface area contributed by atoms with Gasteiger partial charge in [0.05, 0.1) is 12.7 Å². The molecule has 0 bridgehead atoms. The number of nitrogens with one attached hydrogen (secondary N) is 2. The number of carbonyl (C=O) groups is 2. The van der Waals surface area contributed by atoms with E-state index in [1.165, 1.54) is 7.11 Å². The number of methoxy groups -OCH3 is 1. The molecule has 0 unspecified atom stereocenters. The number of anilines is 1. The minimum atomic E-state index is -0.423. The standard InChI is InChI=1S/C21H18N2O4S/c1-26-20(25)15-6-9-17(10-7-15)22-21(28)23-19(24)13-27-18-11-8-14-4-2-3-5-16(14)12-18/h2-12H,13H2,1H3,(H2,22,23,24,28). The van der Waals surface area contributed by atoms with Crippen LogP contribution in [0.1, 0.15) is 10.4 Å². The normalized spacial score (nSPS) is 10.2. The van der Waals surface area contributed by atoms with Gasteiger partial charge in [0, 0.05) is 5.69 Å². The smallest absolute Gasteiger partial charge is 0.337 e. The molecule has 28 heavy (non-hydrogen) atoms. The number of amides is 1. The average molecular weight is 394 g/mol. The summed E-state index contributed by atoms with van der Waals surface area (Å²) in [5, 5.41) is 7.69. The summed E-state index contributed by atoms with van der Waals surface area (Å²) in [6.45, 7) is -0.165. The van der Waals surface area contributed by atoms with E-state index in [0.29, 0.717) is 17.0 Å². The Morgan fingerprint density at radius 3 is 2.39 bits per heavy atom. The van der Waals surface area contributed by atoms with E-state index in [-0.39, 0.29) is 17.6 Å². The molecule has 0 spiro atoms. The first kappa shape index (κ1) is 19.3. The fourth-order valence-electron chi connectivity index (χ4n) is 2.54. The maximum Gasteiger partial charge on any atom is 0.337 e. The summed E-state index contributed by atoms with van der Waals surface area (Å²) < 4.78 is 10.2.